The van der Waals surface area contributed by atoms with E-state index < -0.39 is 0 Å². The highest BCUT2D eigenvalue weighted by molar-refractivity contribution is 6.31. The van der Waals surface area contributed by atoms with Gasteiger partial charge in [-0.25, -0.2) is 0 Å². The Morgan fingerprint density at radius 1 is 1.38 bits per heavy atom. The van der Waals surface area contributed by atoms with Crippen LogP contribution in [0.15, 0.2) is 24.3 Å². The van der Waals surface area contributed by atoms with Crippen LogP contribution in [-0.4, -0.2) is 31.5 Å². The van der Waals surface area contributed by atoms with E-state index >= 15 is 0 Å². The van der Waals surface area contributed by atoms with E-state index in [1.807, 2.05) is 24.3 Å². The average Bonchev–Trinajstić information content (AvgIpc) is 2.29. The first kappa shape index (κ1) is 13.5. The van der Waals surface area contributed by atoms with Gasteiger partial charge in [0.25, 0.3) is 0 Å². The first-order valence-corrected chi connectivity index (χ1v) is 5.80. The summed E-state index contributed by atoms with van der Waals surface area (Å²) >= 11 is 6.08. The average molecular weight is 244 g/mol. The second-order valence-electron chi connectivity index (χ2n) is 3.53. The number of halogens is 1. The van der Waals surface area contributed by atoms with Gasteiger partial charge in [-0.1, -0.05) is 29.8 Å². The molecule has 0 heterocycles. The zero-order valence-corrected chi connectivity index (χ0v) is 10.2. The molecule has 3 nitrogen and oxygen atoms in total. The quantitative estimate of drug-likeness (QED) is 0.720. The molecule has 0 radical (unpaired) electrons. The van der Waals surface area contributed by atoms with Crippen LogP contribution in [0.2, 0.25) is 5.02 Å². The van der Waals surface area contributed by atoms with Gasteiger partial charge in [-0.05, 0) is 18.6 Å². The monoisotopic (exact) mass is 243 g/mol. The van der Waals surface area contributed by atoms with Crippen molar-refractivity contribution in [1.82, 2.24) is 5.32 Å². The molecule has 1 aromatic carbocycles. The van der Waals surface area contributed by atoms with Crippen molar-refractivity contribution in [3.8, 4) is 0 Å². The fraction of sp³-hybridized carbons (Fsp3) is 0.500. The van der Waals surface area contributed by atoms with Crippen molar-refractivity contribution in [3.05, 3.63) is 34.9 Å². The van der Waals surface area contributed by atoms with Gasteiger partial charge in [-0.15, -0.1) is 0 Å². The Kier molecular flexibility index (Phi) is 6.42. The second-order valence-corrected chi connectivity index (χ2v) is 3.94. The van der Waals surface area contributed by atoms with Crippen LogP contribution < -0.4 is 5.32 Å². The Morgan fingerprint density at radius 3 is 2.81 bits per heavy atom. The van der Waals surface area contributed by atoms with Crippen LogP contribution >= 0.6 is 11.6 Å². The maximum absolute atomic E-state index is 8.53. The first-order chi connectivity index (χ1) is 7.75. The molecule has 4 heteroatoms. The molecule has 0 saturated heterocycles. The summed E-state index contributed by atoms with van der Waals surface area (Å²) in [4.78, 5) is 0. The van der Waals surface area contributed by atoms with E-state index in [1.165, 1.54) is 0 Å². The molecule has 0 spiro atoms. The Balaban J connectivity index is 2.30. The van der Waals surface area contributed by atoms with Crippen LogP contribution in [0.3, 0.4) is 0 Å². The molecule has 0 unspecified atom stereocenters. The van der Waals surface area contributed by atoms with Crippen molar-refractivity contribution in [3.63, 3.8) is 0 Å². The van der Waals surface area contributed by atoms with Gasteiger partial charge in [0.2, 0.25) is 0 Å². The van der Waals surface area contributed by atoms with Crippen LogP contribution in [0.1, 0.15) is 18.5 Å². The molecule has 90 valence electrons. The lowest BCUT2D eigenvalue weighted by atomic mass is 10.1. The molecule has 0 amide bonds. The number of nitrogens with one attached hydrogen (secondary N) is 1. The molecule has 0 aromatic heterocycles. The molecular formula is C12H18ClNO2. The highest BCUT2D eigenvalue weighted by atomic mass is 35.5. The summed E-state index contributed by atoms with van der Waals surface area (Å²) < 4.78 is 5.15. The van der Waals surface area contributed by atoms with Crippen LogP contribution in [-0.2, 0) is 4.74 Å². The molecule has 0 bridgehead atoms. The summed E-state index contributed by atoms with van der Waals surface area (Å²) in [7, 11) is 0. The third-order valence-corrected chi connectivity index (χ3v) is 2.65. The van der Waals surface area contributed by atoms with Crippen LogP contribution in [0.5, 0.6) is 0 Å². The summed E-state index contributed by atoms with van der Waals surface area (Å²) in [5.74, 6) is 0. The number of aliphatic hydroxyl groups excluding tert-OH is 1. The number of hydrogen-bond acceptors (Lipinski definition) is 3. The topological polar surface area (TPSA) is 41.5 Å². The lowest BCUT2D eigenvalue weighted by Crippen LogP contribution is -2.24. The Bertz CT molecular complexity index is 307. The Hall–Kier alpha value is -0.610. The molecule has 0 aliphatic carbocycles. The summed E-state index contributed by atoms with van der Waals surface area (Å²) in [6.07, 6.45) is 0. The molecule has 0 aliphatic heterocycles. The minimum absolute atomic E-state index is 0.0695. The zero-order valence-electron chi connectivity index (χ0n) is 9.45. The summed E-state index contributed by atoms with van der Waals surface area (Å²) in [5, 5.41) is 12.6. The van der Waals surface area contributed by atoms with E-state index in [2.05, 4.69) is 12.2 Å². The molecule has 2 N–H and O–H groups in total. The molecule has 0 aliphatic rings. The predicted octanol–water partition coefficient (Wildman–Crippen LogP) is 2.00. The van der Waals surface area contributed by atoms with Crippen molar-refractivity contribution in [2.75, 3.05) is 26.4 Å². The highest BCUT2D eigenvalue weighted by Crippen LogP contribution is 2.21. The highest BCUT2D eigenvalue weighted by Gasteiger charge is 2.07. The van der Waals surface area contributed by atoms with Crippen LogP contribution in [0, 0.1) is 0 Å². The largest absolute Gasteiger partial charge is 0.394 e. The fourth-order valence-corrected chi connectivity index (χ4v) is 1.75. The van der Waals surface area contributed by atoms with Gasteiger partial charge in [-0.2, -0.15) is 0 Å². The number of aliphatic hydroxyl groups is 1. The minimum Gasteiger partial charge on any atom is -0.394 e. The van der Waals surface area contributed by atoms with E-state index in [4.69, 9.17) is 21.4 Å². The third-order valence-electron chi connectivity index (χ3n) is 2.30. The molecular weight excluding hydrogens is 226 g/mol. The summed E-state index contributed by atoms with van der Waals surface area (Å²) in [5.41, 5.74) is 1.09. The lowest BCUT2D eigenvalue weighted by molar-refractivity contribution is 0.0928. The van der Waals surface area contributed by atoms with Gasteiger partial charge in [0.05, 0.1) is 19.8 Å². The van der Waals surface area contributed by atoms with Crippen molar-refractivity contribution in [2.24, 2.45) is 0 Å². The molecule has 1 aromatic rings. The maximum Gasteiger partial charge on any atom is 0.0698 e. The number of ether oxygens (including phenoxy) is 1. The summed E-state index contributed by atoms with van der Waals surface area (Å²) in [6.45, 7) is 3.86. The Morgan fingerprint density at radius 2 is 2.12 bits per heavy atom. The standard InChI is InChI=1S/C12H18ClNO2/c1-10(14-6-8-16-9-7-15)11-4-2-3-5-12(11)13/h2-5,10,14-15H,6-9H2,1H3/t10-/m0/s1. The molecule has 0 fully saturated rings. The third kappa shape index (κ3) is 4.49. The van der Waals surface area contributed by atoms with E-state index in [-0.39, 0.29) is 12.6 Å². The van der Waals surface area contributed by atoms with Gasteiger partial charge >= 0.3 is 0 Å². The van der Waals surface area contributed by atoms with E-state index in [1.54, 1.807) is 0 Å². The van der Waals surface area contributed by atoms with Gasteiger partial charge in [0.15, 0.2) is 0 Å². The molecule has 1 rings (SSSR count). The number of benzene rings is 1. The van der Waals surface area contributed by atoms with Gasteiger partial charge in [0.1, 0.15) is 0 Å². The van der Waals surface area contributed by atoms with Crippen molar-refractivity contribution < 1.29 is 9.84 Å². The fourth-order valence-electron chi connectivity index (χ4n) is 1.45. The number of rotatable bonds is 7. The number of hydrogen-bond donors (Lipinski definition) is 2. The molecule has 16 heavy (non-hydrogen) atoms. The lowest BCUT2D eigenvalue weighted by Gasteiger charge is -2.15. The Labute approximate surface area is 101 Å². The molecule has 1 atom stereocenters. The van der Waals surface area contributed by atoms with E-state index in [9.17, 15) is 0 Å². The van der Waals surface area contributed by atoms with Crippen molar-refractivity contribution >= 4 is 11.6 Å². The van der Waals surface area contributed by atoms with E-state index in [0.717, 1.165) is 17.1 Å². The molecule has 0 saturated carbocycles. The predicted molar refractivity (Wildman–Crippen MR) is 65.8 cm³/mol. The van der Waals surface area contributed by atoms with Crippen molar-refractivity contribution in [1.29, 1.82) is 0 Å². The maximum atomic E-state index is 8.53. The first-order valence-electron chi connectivity index (χ1n) is 5.42. The summed E-state index contributed by atoms with van der Waals surface area (Å²) in [6, 6.07) is 7.99. The van der Waals surface area contributed by atoms with Gasteiger partial charge in [-0.3, -0.25) is 0 Å². The van der Waals surface area contributed by atoms with Crippen LogP contribution in [0.25, 0.3) is 0 Å². The second kappa shape index (κ2) is 7.63. The normalized spacial score (nSPS) is 12.7. The van der Waals surface area contributed by atoms with Gasteiger partial charge in [0, 0.05) is 17.6 Å². The van der Waals surface area contributed by atoms with E-state index in [0.29, 0.717) is 13.2 Å². The minimum atomic E-state index is 0.0695. The van der Waals surface area contributed by atoms with Crippen molar-refractivity contribution in [2.45, 2.75) is 13.0 Å². The SMILES string of the molecule is C[C@H](NCCOCCO)c1ccccc1Cl. The zero-order chi connectivity index (χ0) is 11.8. The smallest absolute Gasteiger partial charge is 0.0698 e. The van der Waals surface area contributed by atoms with Gasteiger partial charge < -0.3 is 15.2 Å². The van der Waals surface area contributed by atoms with Crippen LogP contribution in [0.4, 0.5) is 0 Å².